The van der Waals surface area contributed by atoms with Crippen molar-refractivity contribution in [2.24, 2.45) is 7.05 Å². The van der Waals surface area contributed by atoms with E-state index in [4.69, 9.17) is 4.74 Å². The van der Waals surface area contributed by atoms with E-state index in [0.717, 1.165) is 5.56 Å². The van der Waals surface area contributed by atoms with Crippen LogP contribution in [-0.4, -0.2) is 10.5 Å². The minimum absolute atomic E-state index is 0.0803. The predicted octanol–water partition coefficient (Wildman–Crippen LogP) is 2.27. The van der Waals surface area contributed by atoms with E-state index in [1.807, 2.05) is 0 Å². The van der Waals surface area contributed by atoms with Gasteiger partial charge in [0.25, 0.3) is 5.56 Å². The molecule has 21 heavy (non-hydrogen) atoms. The molecule has 0 bridgehead atoms. The molecule has 2 aromatic rings. The van der Waals surface area contributed by atoms with Gasteiger partial charge in [-0.1, -0.05) is 12.1 Å². The van der Waals surface area contributed by atoms with Gasteiger partial charge in [0.05, 0.1) is 12.0 Å². The molecule has 2 heterocycles. The first-order valence-electron chi connectivity index (χ1n) is 6.64. The zero-order valence-corrected chi connectivity index (χ0v) is 11.7. The Morgan fingerprint density at radius 3 is 2.57 bits per heavy atom. The number of hydrogen-bond donors (Lipinski definition) is 0. The van der Waals surface area contributed by atoms with Crippen LogP contribution in [0.5, 0.6) is 5.75 Å². The summed E-state index contributed by atoms with van der Waals surface area (Å²) in [4.78, 5) is 24.3. The van der Waals surface area contributed by atoms with Gasteiger partial charge in [0.15, 0.2) is 0 Å². The van der Waals surface area contributed by atoms with Crippen LogP contribution in [0.2, 0.25) is 0 Å². The summed E-state index contributed by atoms with van der Waals surface area (Å²) in [6.07, 6.45) is 0.0803. The van der Waals surface area contributed by atoms with Crippen LogP contribution in [0.4, 0.5) is 4.39 Å². The molecule has 5 heteroatoms. The Bertz CT molecular complexity index is 777. The average Bonchev–Trinajstić information content (AvgIpc) is 2.44. The van der Waals surface area contributed by atoms with E-state index in [0.29, 0.717) is 17.0 Å². The monoisotopic (exact) mass is 287 g/mol. The Labute approximate surface area is 120 Å². The van der Waals surface area contributed by atoms with Crippen molar-refractivity contribution < 1.29 is 13.9 Å². The fourth-order valence-corrected chi connectivity index (χ4v) is 2.63. The van der Waals surface area contributed by atoms with Crippen LogP contribution < -0.4 is 10.3 Å². The van der Waals surface area contributed by atoms with Gasteiger partial charge in [-0.2, -0.15) is 0 Å². The minimum Gasteiger partial charge on any atom is -0.426 e. The Hall–Kier alpha value is -2.43. The van der Waals surface area contributed by atoms with Crippen molar-refractivity contribution in [2.75, 3.05) is 0 Å². The molecule has 1 aromatic heterocycles. The van der Waals surface area contributed by atoms with E-state index in [2.05, 4.69) is 0 Å². The quantitative estimate of drug-likeness (QED) is 0.756. The third kappa shape index (κ3) is 2.24. The number of esters is 1. The lowest BCUT2D eigenvalue weighted by Gasteiger charge is -2.25. The van der Waals surface area contributed by atoms with Gasteiger partial charge >= 0.3 is 5.97 Å². The molecule has 4 nitrogen and oxygen atoms in total. The zero-order valence-electron chi connectivity index (χ0n) is 11.7. The lowest BCUT2D eigenvalue weighted by atomic mass is 9.87. The third-order valence-corrected chi connectivity index (χ3v) is 3.88. The van der Waals surface area contributed by atoms with Crippen LogP contribution in [0.25, 0.3) is 0 Å². The number of pyridine rings is 1. The first-order valence-corrected chi connectivity index (χ1v) is 6.64. The highest BCUT2D eigenvalue weighted by atomic mass is 19.1. The molecule has 0 saturated carbocycles. The van der Waals surface area contributed by atoms with Crippen LogP contribution in [0.1, 0.15) is 29.2 Å². The van der Waals surface area contributed by atoms with Crippen molar-refractivity contribution in [3.8, 4) is 5.75 Å². The second-order valence-corrected chi connectivity index (χ2v) is 5.21. The van der Waals surface area contributed by atoms with Gasteiger partial charge in [-0.25, -0.2) is 4.39 Å². The number of rotatable bonds is 1. The molecule has 108 valence electrons. The number of hydrogen-bond acceptors (Lipinski definition) is 3. The van der Waals surface area contributed by atoms with Crippen LogP contribution in [-0.2, 0) is 11.8 Å². The maximum Gasteiger partial charge on any atom is 0.312 e. The molecule has 0 aliphatic carbocycles. The third-order valence-electron chi connectivity index (χ3n) is 3.88. The lowest BCUT2D eigenvalue weighted by molar-refractivity contribution is -0.135. The number of carbonyl (C=O) groups excluding carboxylic acids is 1. The van der Waals surface area contributed by atoms with Gasteiger partial charge in [0.1, 0.15) is 11.6 Å². The van der Waals surface area contributed by atoms with Gasteiger partial charge in [0.2, 0.25) is 0 Å². The average molecular weight is 287 g/mol. The number of nitrogens with zero attached hydrogens (tertiary/aromatic N) is 1. The highest BCUT2D eigenvalue weighted by molar-refractivity contribution is 5.77. The van der Waals surface area contributed by atoms with Crippen LogP contribution >= 0.6 is 0 Å². The van der Waals surface area contributed by atoms with Crippen molar-refractivity contribution in [3.05, 3.63) is 63.3 Å². The second kappa shape index (κ2) is 4.84. The largest absolute Gasteiger partial charge is 0.426 e. The standard InChI is InChI=1S/C16H14FNO3/c1-9-7-13-15(16(20)18(9)2)12(8-14(19)21-13)10-3-5-11(17)6-4-10/h3-7,12H,8H2,1-2H3. The molecule has 0 spiro atoms. The van der Waals surface area contributed by atoms with E-state index in [1.165, 1.54) is 16.7 Å². The number of fused-ring (bicyclic) bond motifs is 1. The van der Waals surface area contributed by atoms with Crippen molar-refractivity contribution in [2.45, 2.75) is 19.3 Å². The molecule has 1 aliphatic rings. The molecule has 3 rings (SSSR count). The normalized spacial score (nSPS) is 17.3. The Morgan fingerprint density at radius 1 is 1.24 bits per heavy atom. The summed E-state index contributed by atoms with van der Waals surface area (Å²) < 4.78 is 19.8. The summed E-state index contributed by atoms with van der Waals surface area (Å²) >= 11 is 0. The van der Waals surface area contributed by atoms with E-state index in [9.17, 15) is 14.0 Å². The predicted molar refractivity (Wildman–Crippen MR) is 74.9 cm³/mol. The van der Waals surface area contributed by atoms with E-state index in [-0.39, 0.29) is 23.8 Å². The first-order chi connectivity index (χ1) is 9.97. The second-order valence-electron chi connectivity index (χ2n) is 5.21. The number of ether oxygens (including phenoxy) is 1. The van der Waals surface area contributed by atoms with Crippen LogP contribution in [0, 0.1) is 12.7 Å². The van der Waals surface area contributed by atoms with Gasteiger partial charge in [-0.05, 0) is 24.6 Å². The molecule has 1 atom stereocenters. The molecule has 0 fully saturated rings. The maximum absolute atomic E-state index is 13.1. The maximum atomic E-state index is 13.1. The Balaban J connectivity index is 2.21. The van der Waals surface area contributed by atoms with Gasteiger partial charge in [0, 0.05) is 24.7 Å². The summed E-state index contributed by atoms with van der Waals surface area (Å²) in [6.45, 7) is 1.77. The summed E-state index contributed by atoms with van der Waals surface area (Å²) in [5.41, 5.74) is 1.71. The molecule has 0 saturated heterocycles. The lowest BCUT2D eigenvalue weighted by Crippen LogP contribution is -2.31. The van der Waals surface area contributed by atoms with E-state index in [1.54, 1.807) is 32.2 Å². The van der Waals surface area contributed by atoms with Crippen molar-refractivity contribution >= 4 is 5.97 Å². The molecular formula is C16H14FNO3. The van der Waals surface area contributed by atoms with Crippen molar-refractivity contribution in [3.63, 3.8) is 0 Å². The number of benzene rings is 1. The minimum atomic E-state index is -0.402. The molecular weight excluding hydrogens is 273 g/mol. The molecule has 0 radical (unpaired) electrons. The Morgan fingerprint density at radius 2 is 1.90 bits per heavy atom. The van der Waals surface area contributed by atoms with Crippen molar-refractivity contribution in [1.82, 2.24) is 4.57 Å². The summed E-state index contributed by atoms with van der Waals surface area (Å²) in [7, 11) is 1.68. The number of aromatic nitrogens is 1. The van der Waals surface area contributed by atoms with Gasteiger partial charge in [-0.3, -0.25) is 9.59 Å². The number of halogens is 1. The fourth-order valence-electron chi connectivity index (χ4n) is 2.63. The van der Waals surface area contributed by atoms with Crippen LogP contribution in [0.3, 0.4) is 0 Å². The Kier molecular flexibility index (Phi) is 3.12. The molecule has 1 aliphatic heterocycles. The molecule has 1 aromatic carbocycles. The summed E-state index contributed by atoms with van der Waals surface area (Å²) in [5.74, 6) is -0.832. The highest BCUT2D eigenvalue weighted by Gasteiger charge is 2.32. The van der Waals surface area contributed by atoms with Crippen LogP contribution in [0.15, 0.2) is 35.1 Å². The topological polar surface area (TPSA) is 48.3 Å². The van der Waals surface area contributed by atoms with Gasteiger partial charge < -0.3 is 9.30 Å². The molecule has 1 unspecified atom stereocenters. The van der Waals surface area contributed by atoms with E-state index >= 15 is 0 Å². The fraction of sp³-hybridized carbons (Fsp3) is 0.250. The highest BCUT2D eigenvalue weighted by Crippen LogP contribution is 2.36. The number of carbonyl (C=O) groups is 1. The zero-order chi connectivity index (χ0) is 15.1. The number of aryl methyl sites for hydroxylation is 1. The SMILES string of the molecule is Cc1cc2c(c(=O)n1C)C(c1ccc(F)cc1)CC(=O)O2. The van der Waals surface area contributed by atoms with Crippen molar-refractivity contribution in [1.29, 1.82) is 0 Å². The smallest absolute Gasteiger partial charge is 0.312 e. The first kappa shape index (κ1) is 13.5. The summed E-state index contributed by atoms with van der Waals surface area (Å²) in [6, 6.07) is 7.54. The summed E-state index contributed by atoms with van der Waals surface area (Å²) in [5, 5.41) is 0. The molecule has 0 amide bonds. The van der Waals surface area contributed by atoms with Gasteiger partial charge in [-0.15, -0.1) is 0 Å². The molecule has 0 N–H and O–H groups in total. The van der Waals surface area contributed by atoms with E-state index < -0.39 is 5.92 Å².